The molecule has 0 amide bonds. The molecule has 0 radical (unpaired) electrons. The van der Waals surface area contributed by atoms with E-state index < -0.39 is 33.4 Å². The molecule has 3 aliphatic rings. The molecular formula is C32H48O5. The monoisotopic (exact) mass is 512 g/mol. The first-order chi connectivity index (χ1) is 17.0. The van der Waals surface area contributed by atoms with Crippen LogP contribution in [0.4, 0.5) is 0 Å². The standard InChI is InChI=1S/C32H48O5/c1-20(2)12-11-16-28(9)24(14-13-21(3)4)19-29(10)26(34)30(17-15-22(5)6)27(35)31(28,32(29,36)37-30)25(33)18-23(7)8/h12-13,15,23-24,36H,11,14,16-19H2,1-10H3/t24-,28+,29+,30+,31+,32?/m0/s1. The molecule has 3 fully saturated rings. The van der Waals surface area contributed by atoms with Crippen molar-refractivity contribution in [3.63, 3.8) is 0 Å². The van der Waals surface area contributed by atoms with Crippen LogP contribution in [0.3, 0.4) is 0 Å². The Hall–Kier alpha value is -1.85. The van der Waals surface area contributed by atoms with Crippen molar-refractivity contribution in [1.82, 2.24) is 0 Å². The summed E-state index contributed by atoms with van der Waals surface area (Å²) in [7, 11) is 0. The SMILES string of the molecule is CC(C)=CCC[C@]1(C)[C@@H](CC=C(C)C)C[C@]2(C)C(=O)[C@@]3(CC=C(C)C)OC2(O)[C@]1(C(=O)CC(C)C)C3=O. The summed E-state index contributed by atoms with van der Waals surface area (Å²) in [4.78, 5) is 43.5. The van der Waals surface area contributed by atoms with Gasteiger partial charge in [-0.3, -0.25) is 14.4 Å². The molecule has 1 unspecified atom stereocenters. The maximum Gasteiger partial charge on any atom is 0.200 e. The van der Waals surface area contributed by atoms with Gasteiger partial charge in [-0.05, 0) is 91.4 Å². The fourth-order valence-corrected chi connectivity index (χ4v) is 7.52. The van der Waals surface area contributed by atoms with Gasteiger partial charge in [0.1, 0.15) is 0 Å². The lowest BCUT2D eigenvalue weighted by molar-refractivity contribution is -0.313. The molecule has 2 heterocycles. The topological polar surface area (TPSA) is 80.7 Å². The second-order valence-electron chi connectivity index (χ2n) is 13.5. The van der Waals surface area contributed by atoms with Crippen LogP contribution >= 0.6 is 0 Å². The van der Waals surface area contributed by atoms with Crippen LogP contribution in [0.5, 0.6) is 0 Å². The molecule has 0 aromatic heterocycles. The minimum atomic E-state index is -2.17. The smallest absolute Gasteiger partial charge is 0.200 e. The number of fused-ring (bicyclic) bond motifs is 1. The lowest BCUT2D eigenvalue weighted by atomic mass is 9.36. The van der Waals surface area contributed by atoms with Crippen molar-refractivity contribution >= 4 is 17.3 Å². The predicted octanol–water partition coefficient (Wildman–Crippen LogP) is 6.69. The van der Waals surface area contributed by atoms with Crippen LogP contribution in [-0.4, -0.2) is 33.8 Å². The number of ketones is 3. The van der Waals surface area contributed by atoms with E-state index >= 15 is 0 Å². The number of aliphatic hydroxyl groups is 1. The number of hydrogen-bond acceptors (Lipinski definition) is 5. The maximum atomic E-state index is 14.8. The number of rotatable bonds is 10. The first-order valence-electron chi connectivity index (χ1n) is 13.9. The summed E-state index contributed by atoms with van der Waals surface area (Å²) in [6, 6.07) is 0. The Morgan fingerprint density at radius 1 is 0.973 bits per heavy atom. The molecule has 1 saturated carbocycles. The average Bonchev–Trinajstić information content (AvgIpc) is 3.09. The van der Waals surface area contributed by atoms with Crippen molar-refractivity contribution in [2.75, 3.05) is 0 Å². The van der Waals surface area contributed by atoms with Crippen LogP contribution in [0, 0.1) is 28.1 Å². The third-order valence-electron chi connectivity index (χ3n) is 9.40. The predicted molar refractivity (Wildman–Crippen MR) is 147 cm³/mol. The fourth-order valence-electron chi connectivity index (χ4n) is 7.52. The number of hydrogen-bond donors (Lipinski definition) is 1. The van der Waals surface area contributed by atoms with Crippen molar-refractivity contribution in [3.8, 4) is 0 Å². The largest absolute Gasteiger partial charge is 0.363 e. The summed E-state index contributed by atoms with van der Waals surface area (Å²) in [5.74, 6) is -3.49. The number of ether oxygens (including phenoxy) is 1. The zero-order valence-electron chi connectivity index (χ0n) is 24.7. The van der Waals surface area contributed by atoms with Gasteiger partial charge in [-0.15, -0.1) is 0 Å². The molecule has 0 aromatic rings. The van der Waals surface area contributed by atoms with Crippen LogP contribution in [0.25, 0.3) is 0 Å². The summed E-state index contributed by atoms with van der Waals surface area (Å²) in [5.41, 5.74) is -2.62. The molecule has 5 nitrogen and oxygen atoms in total. The lowest BCUT2D eigenvalue weighted by Crippen LogP contribution is -2.77. The molecule has 2 bridgehead atoms. The normalized spacial score (nSPS) is 38.1. The van der Waals surface area contributed by atoms with Gasteiger partial charge in [0, 0.05) is 12.8 Å². The van der Waals surface area contributed by atoms with Gasteiger partial charge in [0.05, 0.1) is 5.41 Å². The summed E-state index contributed by atoms with van der Waals surface area (Å²) in [6.07, 6.45) is 8.52. The quantitative estimate of drug-likeness (QED) is 0.261. The molecule has 5 heteroatoms. The Bertz CT molecular complexity index is 1070. The Morgan fingerprint density at radius 2 is 1.54 bits per heavy atom. The summed E-state index contributed by atoms with van der Waals surface area (Å²) >= 11 is 0. The van der Waals surface area contributed by atoms with Crippen molar-refractivity contribution in [2.45, 2.75) is 119 Å². The molecule has 6 atom stereocenters. The molecule has 0 spiro atoms. The highest BCUT2D eigenvalue weighted by Crippen LogP contribution is 2.77. The molecule has 37 heavy (non-hydrogen) atoms. The summed E-state index contributed by atoms with van der Waals surface area (Å²) < 4.78 is 6.36. The average molecular weight is 513 g/mol. The molecule has 2 saturated heterocycles. The highest BCUT2D eigenvalue weighted by Gasteiger charge is 2.93. The van der Waals surface area contributed by atoms with E-state index in [4.69, 9.17) is 4.74 Å². The first-order valence-corrected chi connectivity index (χ1v) is 13.9. The Morgan fingerprint density at radius 3 is 2.05 bits per heavy atom. The highest BCUT2D eigenvalue weighted by atomic mass is 16.7. The van der Waals surface area contributed by atoms with E-state index in [1.807, 2.05) is 68.4 Å². The number of carbonyl (C=O) groups is 3. The van der Waals surface area contributed by atoms with E-state index in [1.165, 1.54) is 0 Å². The third-order valence-corrected chi connectivity index (χ3v) is 9.40. The fraction of sp³-hybridized carbons (Fsp3) is 0.719. The van der Waals surface area contributed by atoms with Gasteiger partial charge in [-0.2, -0.15) is 0 Å². The van der Waals surface area contributed by atoms with Crippen LogP contribution in [0.1, 0.15) is 108 Å². The third kappa shape index (κ3) is 3.98. The molecule has 206 valence electrons. The second kappa shape index (κ2) is 9.72. The molecular weight excluding hydrogens is 464 g/mol. The van der Waals surface area contributed by atoms with Crippen molar-refractivity contribution in [1.29, 1.82) is 0 Å². The minimum absolute atomic E-state index is 0.00622. The summed E-state index contributed by atoms with van der Waals surface area (Å²) in [6.45, 7) is 19.6. The first kappa shape index (κ1) is 29.7. The van der Waals surface area contributed by atoms with Crippen LogP contribution in [0.15, 0.2) is 34.9 Å². The van der Waals surface area contributed by atoms with E-state index in [2.05, 4.69) is 12.2 Å². The van der Waals surface area contributed by atoms with Crippen molar-refractivity contribution in [2.24, 2.45) is 28.1 Å². The van der Waals surface area contributed by atoms with Gasteiger partial charge in [0.25, 0.3) is 0 Å². The number of Topliss-reactive ketones (excluding diaryl/α,β-unsaturated/α-hetero) is 3. The second-order valence-corrected chi connectivity index (χ2v) is 13.5. The summed E-state index contributed by atoms with van der Waals surface area (Å²) in [5, 5.41) is 12.6. The van der Waals surface area contributed by atoms with Crippen molar-refractivity contribution in [3.05, 3.63) is 34.9 Å². The van der Waals surface area contributed by atoms with Gasteiger partial charge in [0.2, 0.25) is 0 Å². The van der Waals surface area contributed by atoms with Crippen LogP contribution in [-0.2, 0) is 19.1 Å². The van der Waals surface area contributed by atoms with E-state index in [0.29, 0.717) is 25.7 Å². The zero-order chi connectivity index (χ0) is 28.2. The molecule has 1 N–H and O–H groups in total. The molecule has 3 rings (SSSR count). The highest BCUT2D eigenvalue weighted by molar-refractivity contribution is 6.28. The Balaban J connectivity index is 2.38. The van der Waals surface area contributed by atoms with Gasteiger partial charge in [0.15, 0.2) is 34.2 Å². The Kier molecular flexibility index (Phi) is 7.80. The van der Waals surface area contributed by atoms with Crippen molar-refractivity contribution < 1.29 is 24.2 Å². The number of carbonyl (C=O) groups excluding carboxylic acids is 3. The minimum Gasteiger partial charge on any atom is -0.363 e. The molecule has 1 aliphatic carbocycles. The molecule has 2 aliphatic heterocycles. The zero-order valence-corrected chi connectivity index (χ0v) is 24.7. The van der Waals surface area contributed by atoms with Crippen LogP contribution < -0.4 is 0 Å². The van der Waals surface area contributed by atoms with Gasteiger partial charge >= 0.3 is 0 Å². The van der Waals surface area contributed by atoms with E-state index in [1.54, 1.807) is 6.92 Å². The lowest BCUT2D eigenvalue weighted by Gasteiger charge is -2.63. The van der Waals surface area contributed by atoms with E-state index in [9.17, 15) is 19.5 Å². The number of allylic oxidation sites excluding steroid dienone is 5. The van der Waals surface area contributed by atoms with Gasteiger partial charge < -0.3 is 9.84 Å². The maximum absolute atomic E-state index is 14.8. The van der Waals surface area contributed by atoms with E-state index in [0.717, 1.165) is 16.7 Å². The van der Waals surface area contributed by atoms with Gasteiger partial charge in [-0.25, -0.2) is 0 Å². The van der Waals surface area contributed by atoms with Gasteiger partial charge in [-0.1, -0.05) is 55.7 Å². The van der Waals surface area contributed by atoms with E-state index in [-0.39, 0.29) is 36.2 Å². The molecule has 0 aromatic carbocycles. The van der Waals surface area contributed by atoms with Crippen LogP contribution in [0.2, 0.25) is 0 Å². The Labute approximate surface area is 223 Å².